The number of hydrogen-bond acceptors (Lipinski definition) is 6. The number of anilines is 2. The molecule has 0 radical (unpaired) electrons. The van der Waals surface area contributed by atoms with Crippen LogP contribution in [0.2, 0.25) is 0 Å². The maximum absolute atomic E-state index is 14.5. The Kier molecular flexibility index (Phi) is 5.98. The fourth-order valence-electron chi connectivity index (χ4n) is 4.16. The van der Waals surface area contributed by atoms with E-state index < -0.39 is 5.95 Å². The van der Waals surface area contributed by atoms with Gasteiger partial charge in [0.15, 0.2) is 5.65 Å². The highest BCUT2D eigenvalue weighted by Gasteiger charge is 2.25. The van der Waals surface area contributed by atoms with Gasteiger partial charge in [-0.05, 0) is 38.2 Å². The van der Waals surface area contributed by atoms with Gasteiger partial charge < -0.3 is 15.3 Å². The van der Waals surface area contributed by atoms with Crippen LogP contribution in [0.5, 0.6) is 0 Å². The third-order valence-corrected chi connectivity index (χ3v) is 5.68. The standard InChI is InChI=1S/C21H28FN6O2/c1-2-17-20(22)25-28-18(23-13-15-6-5-9-26(30)14-15)12-19(24-21(17)28)27-10-4-3-7-16(27)8-11-29/h5-6,9,12,14,16,23,29-30H,2-4,7-8,10-11,13H2,1H3/q+1/t16-/m0/s1. The van der Waals surface area contributed by atoms with E-state index in [4.69, 9.17) is 4.98 Å². The van der Waals surface area contributed by atoms with Gasteiger partial charge in [-0.15, -0.1) is 5.10 Å². The van der Waals surface area contributed by atoms with Crippen LogP contribution < -0.4 is 14.9 Å². The van der Waals surface area contributed by atoms with Gasteiger partial charge in [0.1, 0.15) is 11.6 Å². The molecule has 30 heavy (non-hydrogen) atoms. The smallest absolute Gasteiger partial charge is 0.238 e. The molecule has 4 heterocycles. The van der Waals surface area contributed by atoms with E-state index in [0.29, 0.717) is 36.4 Å². The monoisotopic (exact) mass is 415 g/mol. The minimum absolute atomic E-state index is 0.130. The van der Waals surface area contributed by atoms with Crippen LogP contribution in [0.3, 0.4) is 0 Å². The SMILES string of the molecule is CCc1c(F)nn2c(NCc3ccc[n+](O)c3)cc(N3CCCC[C@H]3CCO)nc12. The molecule has 1 atom stereocenters. The lowest BCUT2D eigenvalue weighted by Gasteiger charge is -2.36. The lowest BCUT2D eigenvalue weighted by atomic mass is 9.99. The van der Waals surface area contributed by atoms with Crippen LogP contribution in [0.1, 0.15) is 43.7 Å². The Bertz CT molecular complexity index is 1020. The van der Waals surface area contributed by atoms with E-state index in [1.54, 1.807) is 18.5 Å². The predicted octanol–water partition coefficient (Wildman–Crippen LogP) is 2.31. The Hall–Kier alpha value is -2.94. The predicted molar refractivity (Wildman–Crippen MR) is 110 cm³/mol. The van der Waals surface area contributed by atoms with Crippen LogP contribution in [0.25, 0.3) is 5.65 Å². The van der Waals surface area contributed by atoms with Crippen LogP contribution in [0.4, 0.5) is 16.0 Å². The van der Waals surface area contributed by atoms with Gasteiger partial charge in [-0.25, -0.2) is 4.98 Å². The fourth-order valence-corrected chi connectivity index (χ4v) is 4.16. The zero-order valence-electron chi connectivity index (χ0n) is 17.1. The van der Waals surface area contributed by atoms with E-state index in [0.717, 1.165) is 41.9 Å². The number of hydrogen-bond donors (Lipinski definition) is 3. The lowest BCUT2D eigenvalue weighted by molar-refractivity contribution is -0.905. The van der Waals surface area contributed by atoms with Gasteiger partial charge >= 0.3 is 0 Å². The number of nitrogens with one attached hydrogen (secondary N) is 1. The summed E-state index contributed by atoms with van der Waals surface area (Å²) in [7, 11) is 0. The van der Waals surface area contributed by atoms with E-state index in [9.17, 15) is 14.7 Å². The van der Waals surface area contributed by atoms with E-state index in [2.05, 4.69) is 15.3 Å². The summed E-state index contributed by atoms with van der Waals surface area (Å²) in [4.78, 5) is 7.00. The minimum atomic E-state index is -0.510. The lowest BCUT2D eigenvalue weighted by Crippen LogP contribution is -2.40. The first-order chi connectivity index (χ1) is 14.6. The molecular weight excluding hydrogens is 387 g/mol. The molecule has 0 spiro atoms. The Balaban J connectivity index is 1.73. The molecule has 1 saturated heterocycles. The van der Waals surface area contributed by atoms with Crippen molar-refractivity contribution in [3.05, 3.63) is 47.7 Å². The second-order valence-corrected chi connectivity index (χ2v) is 7.66. The minimum Gasteiger partial charge on any atom is -0.396 e. The van der Waals surface area contributed by atoms with Gasteiger partial charge in [-0.3, -0.25) is 5.21 Å². The highest BCUT2D eigenvalue weighted by molar-refractivity contribution is 5.61. The molecule has 4 rings (SSSR count). The number of halogens is 1. The van der Waals surface area contributed by atoms with Crippen molar-refractivity contribution in [3.63, 3.8) is 0 Å². The zero-order valence-corrected chi connectivity index (χ0v) is 17.1. The maximum atomic E-state index is 14.5. The molecule has 8 nitrogen and oxygen atoms in total. The van der Waals surface area contributed by atoms with Crippen molar-refractivity contribution in [2.24, 2.45) is 0 Å². The molecule has 3 N–H and O–H groups in total. The van der Waals surface area contributed by atoms with Gasteiger partial charge in [0.2, 0.25) is 18.3 Å². The number of aliphatic hydroxyl groups is 1. The molecule has 3 aromatic rings. The molecule has 0 unspecified atom stereocenters. The van der Waals surface area contributed by atoms with Crippen molar-refractivity contribution in [2.75, 3.05) is 23.4 Å². The number of pyridine rings is 1. The third kappa shape index (κ3) is 4.02. The number of rotatable bonds is 7. The molecule has 1 fully saturated rings. The Labute approximate surface area is 174 Å². The molecule has 160 valence electrons. The summed E-state index contributed by atoms with van der Waals surface area (Å²) >= 11 is 0. The summed E-state index contributed by atoms with van der Waals surface area (Å²) in [6.45, 7) is 3.31. The second kappa shape index (κ2) is 8.83. The average Bonchev–Trinajstić information content (AvgIpc) is 3.07. The Morgan fingerprint density at radius 2 is 2.23 bits per heavy atom. The largest absolute Gasteiger partial charge is 0.396 e. The van der Waals surface area contributed by atoms with Crippen molar-refractivity contribution in [3.8, 4) is 0 Å². The third-order valence-electron chi connectivity index (χ3n) is 5.68. The van der Waals surface area contributed by atoms with E-state index in [-0.39, 0.29) is 12.6 Å². The number of aryl methyl sites for hydroxylation is 1. The highest BCUT2D eigenvalue weighted by Crippen LogP contribution is 2.29. The van der Waals surface area contributed by atoms with Crippen molar-refractivity contribution < 1.29 is 19.4 Å². The van der Waals surface area contributed by atoms with Crippen molar-refractivity contribution in [1.82, 2.24) is 14.6 Å². The van der Waals surface area contributed by atoms with Crippen molar-refractivity contribution in [2.45, 2.75) is 51.6 Å². The number of fused-ring (bicyclic) bond motifs is 1. The first kappa shape index (κ1) is 20.3. The van der Waals surface area contributed by atoms with Crippen LogP contribution in [0, 0.1) is 5.95 Å². The quantitative estimate of drug-likeness (QED) is 0.405. The number of aliphatic hydroxyl groups excluding tert-OH is 1. The van der Waals surface area contributed by atoms with E-state index in [1.807, 2.05) is 19.1 Å². The average molecular weight is 415 g/mol. The summed E-state index contributed by atoms with van der Waals surface area (Å²) in [5, 5.41) is 26.5. The summed E-state index contributed by atoms with van der Waals surface area (Å²) < 4.78 is 17.0. The molecule has 0 aliphatic carbocycles. The maximum Gasteiger partial charge on any atom is 0.238 e. The molecule has 1 aliphatic rings. The summed E-state index contributed by atoms with van der Waals surface area (Å²) in [6.07, 6.45) is 7.52. The van der Waals surface area contributed by atoms with Crippen LogP contribution in [0.15, 0.2) is 30.6 Å². The summed E-state index contributed by atoms with van der Waals surface area (Å²) in [6, 6.07) is 5.75. The first-order valence-electron chi connectivity index (χ1n) is 10.5. The topological polar surface area (TPSA) is 89.8 Å². The van der Waals surface area contributed by atoms with Gasteiger partial charge in [0.05, 0.1) is 5.56 Å². The summed E-state index contributed by atoms with van der Waals surface area (Å²) in [5.74, 6) is 0.891. The number of piperidine rings is 1. The molecule has 1 aliphatic heterocycles. The first-order valence-corrected chi connectivity index (χ1v) is 10.5. The highest BCUT2D eigenvalue weighted by atomic mass is 19.1. The zero-order chi connectivity index (χ0) is 21.1. The van der Waals surface area contributed by atoms with Gasteiger partial charge in [0.25, 0.3) is 0 Å². The van der Waals surface area contributed by atoms with Gasteiger partial charge in [0, 0.05) is 48.2 Å². The van der Waals surface area contributed by atoms with Crippen LogP contribution in [-0.2, 0) is 13.0 Å². The Morgan fingerprint density at radius 1 is 1.37 bits per heavy atom. The summed E-state index contributed by atoms with van der Waals surface area (Å²) in [5.41, 5.74) is 1.86. The molecule has 0 bridgehead atoms. The number of aromatic nitrogens is 4. The molecule has 0 saturated carbocycles. The van der Waals surface area contributed by atoms with Crippen molar-refractivity contribution in [1.29, 1.82) is 0 Å². The number of nitrogens with zero attached hydrogens (tertiary/aromatic N) is 5. The van der Waals surface area contributed by atoms with Crippen LogP contribution in [-0.4, -0.2) is 44.1 Å². The van der Waals surface area contributed by atoms with E-state index in [1.165, 1.54) is 4.52 Å². The molecular formula is C21H28FN6O2+. The van der Waals surface area contributed by atoms with Crippen molar-refractivity contribution >= 4 is 17.3 Å². The van der Waals surface area contributed by atoms with Crippen LogP contribution >= 0.6 is 0 Å². The second-order valence-electron chi connectivity index (χ2n) is 7.66. The van der Waals surface area contributed by atoms with Gasteiger partial charge in [-0.1, -0.05) is 6.92 Å². The molecule has 9 heteroatoms. The Morgan fingerprint density at radius 3 is 3.00 bits per heavy atom. The van der Waals surface area contributed by atoms with Gasteiger partial charge in [-0.2, -0.15) is 8.91 Å². The van der Waals surface area contributed by atoms with E-state index >= 15 is 0 Å². The molecule has 0 aromatic carbocycles. The fraction of sp³-hybridized carbons (Fsp3) is 0.476. The molecule has 3 aromatic heterocycles. The molecule has 0 amide bonds. The normalized spacial score (nSPS) is 16.9.